The quantitative estimate of drug-likeness (QED) is 0.499. The first-order valence-electron chi connectivity index (χ1n) is 6.29. The molecule has 0 saturated carbocycles. The lowest BCUT2D eigenvalue weighted by Gasteiger charge is -2.11. The van der Waals surface area contributed by atoms with Gasteiger partial charge in [0, 0.05) is 16.8 Å². The van der Waals surface area contributed by atoms with E-state index in [-0.39, 0.29) is 0 Å². The van der Waals surface area contributed by atoms with Crippen LogP contribution in [0, 0.1) is 0 Å². The molecule has 2 nitrogen and oxygen atoms in total. The summed E-state index contributed by atoms with van der Waals surface area (Å²) in [6, 6.07) is 11.5. The maximum atomic E-state index is 6.39. The zero-order chi connectivity index (χ0) is 15.0. The van der Waals surface area contributed by atoms with Crippen molar-refractivity contribution in [2.75, 3.05) is 5.88 Å². The van der Waals surface area contributed by atoms with Crippen molar-refractivity contribution in [1.29, 1.82) is 0 Å². The van der Waals surface area contributed by atoms with E-state index in [1.807, 2.05) is 41.0 Å². The van der Waals surface area contributed by atoms with Gasteiger partial charge in [-0.25, -0.2) is 4.98 Å². The first-order valence-corrected chi connectivity index (χ1v) is 8.37. The molecule has 0 bridgehead atoms. The maximum absolute atomic E-state index is 6.39. The number of rotatable bonds is 3. The van der Waals surface area contributed by atoms with E-state index in [4.69, 9.17) is 34.8 Å². The average Bonchev–Trinajstić information content (AvgIpc) is 2.79. The molecule has 0 aliphatic rings. The Labute approximate surface area is 145 Å². The summed E-state index contributed by atoms with van der Waals surface area (Å²) in [4.78, 5) is 4.62. The molecule has 0 amide bonds. The molecule has 0 fully saturated rings. The van der Waals surface area contributed by atoms with Gasteiger partial charge in [0.2, 0.25) is 0 Å². The van der Waals surface area contributed by atoms with E-state index in [9.17, 15) is 0 Å². The van der Waals surface area contributed by atoms with Gasteiger partial charge >= 0.3 is 0 Å². The molecule has 0 spiro atoms. The lowest BCUT2D eigenvalue weighted by Crippen LogP contribution is -2.02. The molecule has 0 N–H and O–H groups in total. The highest BCUT2D eigenvalue weighted by Crippen LogP contribution is 2.31. The van der Waals surface area contributed by atoms with Gasteiger partial charge in [-0.15, -0.1) is 11.6 Å². The molecular formula is C15H10BrCl3N2. The second-order valence-corrected chi connectivity index (χ2v) is 6.61. The van der Waals surface area contributed by atoms with Crippen molar-refractivity contribution in [2.45, 2.75) is 6.42 Å². The molecule has 1 heterocycles. The molecule has 21 heavy (non-hydrogen) atoms. The van der Waals surface area contributed by atoms with Crippen molar-refractivity contribution in [1.82, 2.24) is 9.55 Å². The van der Waals surface area contributed by atoms with Gasteiger partial charge in [-0.05, 0) is 30.3 Å². The van der Waals surface area contributed by atoms with Crippen molar-refractivity contribution in [3.05, 3.63) is 56.7 Å². The number of halogens is 4. The summed E-state index contributed by atoms with van der Waals surface area (Å²) in [5.41, 5.74) is 2.55. The van der Waals surface area contributed by atoms with Crippen LogP contribution in [0.3, 0.4) is 0 Å². The zero-order valence-corrected chi connectivity index (χ0v) is 14.6. The summed E-state index contributed by atoms with van der Waals surface area (Å²) < 4.78 is 2.94. The van der Waals surface area contributed by atoms with Crippen LogP contribution in [0.1, 0.15) is 5.82 Å². The Bertz CT molecular complexity index is 814. The number of fused-ring (bicyclic) bond motifs is 1. The minimum atomic E-state index is 0.481. The van der Waals surface area contributed by atoms with Crippen LogP contribution in [0.2, 0.25) is 10.0 Å². The van der Waals surface area contributed by atoms with Gasteiger partial charge in [0.25, 0.3) is 0 Å². The van der Waals surface area contributed by atoms with E-state index in [2.05, 4.69) is 20.9 Å². The number of benzene rings is 2. The van der Waals surface area contributed by atoms with Crippen LogP contribution in [-0.4, -0.2) is 15.4 Å². The van der Waals surface area contributed by atoms with Gasteiger partial charge in [-0.3, -0.25) is 4.57 Å². The molecule has 0 unspecified atom stereocenters. The molecule has 0 atom stereocenters. The number of hydrogen-bond acceptors (Lipinski definition) is 1. The third kappa shape index (κ3) is 2.80. The molecule has 6 heteroatoms. The molecule has 0 saturated heterocycles. The van der Waals surface area contributed by atoms with E-state index < -0.39 is 0 Å². The third-order valence-electron chi connectivity index (χ3n) is 3.17. The fourth-order valence-electron chi connectivity index (χ4n) is 2.30. The molecule has 0 radical (unpaired) electrons. The number of aromatic nitrogens is 2. The number of alkyl halides is 1. The monoisotopic (exact) mass is 402 g/mol. The summed E-state index contributed by atoms with van der Waals surface area (Å²) in [6.45, 7) is 0. The van der Waals surface area contributed by atoms with Crippen molar-refractivity contribution >= 4 is 61.8 Å². The molecule has 0 aliphatic carbocycles. The Morgan fingerprint density at radius 3 is 2.62 bits per heavy atom. The molecule has 3 rings (SSSR count). The van der Waals surface area contributed by atoms with E-state index in [0.29, 0.717) is 22.3 Å². The van der Waals surface area contributed by atoms with Crippen LogP contribution >= 0.6 is 50.7 Å². The third-order valence-corrected chi connectivity index (χ3v) is 4.46. The van der Waals surface area contributed by atoms with Crippen LogP contribution in [0.15, 0.2) is 40.9 Å². The Morgan fingerprint density at radius 2 is 1.90 bits per heavy atom. The molecule has 2 aromatic carbocycles. The van der Waals surface area contributed by atoms with Crippen molar-refractivity contribution in [3.63, 3.8) is 0 Å². The van der Waals surface area contributed by atoms with E-state index in [1.54, 1.807) is 0 Å². The number of para-hydroxylation sites is 1. The summed E-state index contributed by atoms with van der Waals surface area (Å²) in [5.74, 6) is 1.33. The van der Waals surface area contributed by atoms with E-state index >= 15 is 0 Å². The number of hydrogen-bond donors (Lipinski definition) is 0. The summed E-state index contributed by atoms with van der Waals surface area (Å²) >= 11 is 22.0. The second kappa shape index (κ2) is 6.17. The Hall–Kier alpha value is -0.740. The van der Waals surface area contributed by atoms with Crippen molar-refractivity contribution in [3.8, 4) is 5.69 Å². The normalized spacial score (nSPS) is 11.2. The highest BCUT2D eigenvalue weighted by Gasteiger charge is 2.16. The number of aryl methyl sites for hydroxylation is 1. The fraction of sp³-hybridized carbons (Fsp3) is 0.133. The first-order chi connectivity index (χ1) is 10.1. The van der Waals surface area contributed by atoms with Gasteiger partial charge < -0.3 is 0 Å². The number of imidazole rings is 1. The van der Waals surface area contributed by atoms with Crippen molar-refractivity contribution < 1.29 is 0 Å². The van der Waals surface area contributed by atoms with Gasteiger partial charge in [0.05, 0.1) is 21.2 Å². The minimum Gasteiger partial charge on any atom is -0.295 e. The largest absolute Gasteiger partial charge is 0.295 e. The Morgan fingerprint density at radius 1 is 1.10 bits per heavy atom. The predicted octanol–water partition coefficient (Wildman–Crippen LogP) is 5.88. The second-order valence-electron chi connectivity index (χ2n) is 4.51. The van der Waals surface area contributed by atoms with Crippen LogP contribution in [0.4, 0.5) is 0 Å². The predicted molar refractivity (Wildman–Crippen MR) is 93.2 cm³/mol. The van der Waals surface area contributed by atoms with Crippen molar-refractivity contribution in [2.24, 2.45) is 0 Å². The van der Waals surface area contributed by atoms with E-state index in [0.717, 1.165) is 27.0 Å². The lowest BCUT2D eigenvalue weighted by atomic mass is 10.2. The highest BCUT2D eigenvalue weighted by atomic mass is 79.9. The molecule has 3 aromatic rings. The molecule has 0 aliphatic heterocycles. The maximum Gasteiger partial charge on any atom is 0.115 e. The van der Waals surface area contributed by atoms with Gasteiger partial charge in [0.15, 0.2) is 0 Å². The molecule has 1 aromatic heterocycles. The number of nitrogens with zero attached hydrogens (tertiary/aromatic N) is 2. The topological polar surface area (TPSA) is 17.8 Å². The SMILES string of the molecule is ClCCc1nc2c(Cl)cccc2n1-c1ccc(Br)cc1Cl. The smallest absolute Gasteiger partial charge is 0.115 e. The average molecular weight is 405 g/mol. The summed E-state index contributed by atoms with van der Waals surface area (Å²) in [7, 11) is 0. The minimum absolute atomic E-state index is 0.481. The zero-order valence-electron chi connectivity index (χ0n) is 10.8. The van der Waals surface area contributed by atoms with Crippen LogP contribution in [0.25, 0.3) is 16.7 Å². The van der Waals surface area contributed by atoms with Gasteiger partial charge in [-0.2, -0.15) is 0 Å². The first kappa shape index (κ1) is 15.2. The summed E-state index contributed by atoms with van der Waals surface area (Å²) in [6.07, 6.45) is 0.638. The Kier molecular flexibility index (Phi) is 4.46. The summed E-state index contributed by atoms with van der Waals surface area (Å²) in [5, 5.41) is 1.26. The molecule has 108 valence electrons. The van der Waals surface area contributed by atoms with Crippen LogP contribution in [0.5, 0.6) is 0 Å². The highest BCUT2D eigenvalue weighted by molar-refractivity contribution is 9.10. The fourth-order valence-corrected chi connectivity index (χ4v) is 3.44. The van der Waals surface area contributed by atoms with Gasteiger partial charge in [-0.1, -0.05) is 45.2 Å². The van der Waals surface area contributed by atoms with Gasteiger partial charge in [0.1, 0.15) is 11.3 Å². The molecular weight excluding hydrogens is 394 g/mol. The Balaban J connectivity index is 2.33. The lowest BCUT2D eigenvalue weighted by molar-refractivity contribution is 0.912. The van der Waals surface area contributed by atoms with E-state index in [1.165, 1.54) is 0 Å². The van der Waals surface area contributed by atoms with Crippen LogP contribution < -0.4 is 0 Å². The standard InChI is InChI=1S/C15H10BrCl3N2/c16-9-4-5-12(11(19)8-9)21-13-3-1-2-10(18)15(13)20-14(21)6-7-17/h1-5,8H,6-7H2. The van der Waals surface area contributed by atoms with Crippen LogP contribution in [-0.2, 0) is 6.42 Å².